The van der Waals surface area contributed by atoms with Crippen molar-refractivity contribution in [3.8, 4) is 0 Å². The topological polar surface area (TPSA) is 9.23 Å². The number of rotatable bonds is 5. The van der Waals surface area contributed by atoms with E-state index in [9.17, 15) is 0 Å². The Labute approximate surface area is 64.3 Å². The van der Waals surface area contributed by atoms with E-state index in [-0.39, 0.29) is 0 Å². The fourth-order valence-corrected chi connectivity index (χ4v) is 0.953. The van der Waals surface area contributed by atoms with E-state index in [0.29, 0.717) is 4.65 Å². The van der Waals surface area contributed by atoms with Crippen LogP contribution >= 0.6 is 0 Å². The minimum atomic E-state index is 0.699. The van der Waals surface area contributed by atoms with Gasteiger partial charge in [0.2, 0.25) is 0 Å². The number of nitrogens with zero attached hydrogens (tertiary/aromatic N) is 1. The van der Waals surface area contributed by atoms with Gasteiger partial charge in [-0.3, -0.25) is 0 Å². The van der Waals surface area contributed by atoms with Crippen molar-refractivity contribution < 1.29 is 9.48 Å². The van der Waals surface area contributed by atoms with Crippen LogP contribution in [0.25, 0.3) is 0 Å². The fourth-order valence-electron chi connectivity index (χ4n) is 0.953. The molecule has 0 saturated carbocycles. The summed E-state index contributed by atoms with van der Waals surface area (Å²) in [5.74, 6) is 0. The van der Waals surface area contributed by atoms with Crippen molar-refractivity contribution in [3.05, 3.63) is 0 Å². The molecule has 0 aliphatic heterocycles. The molecule has 0 fully saturated rings. The van der Waals surface area contributed by atoms with Gasteiger partial charge in [-0.25, -0.2) is 4.84 Å². The molecule has 0 saturated heterocycles. The lowest BCUT2D eigenvalue weighted by atomic mass is 10.3. The number of unbranched alkanes of at least 4 members (excludes halogenated alkanes) is 1. The molecule has 2 heteroatoms. The van der Waals surface area contributed by atoms with Gasteiger partial charge in [0.1, 0.15) is 13.2 Å². The van der Waals surface area contributed by atoms with Gasteiger partial charge < -0.3 is 0 Å². The number of hydrogen-bond acceptors (Lipinski definition) is 1. The largest absolute Gasteiger partial charge is 0.204 e. The summed E-state index contributed by atoms with van der Waals surface area (Å²) in [6.45, 7) is 6.15. The Morgan fingerprint density at radius 1 is 1.20 bits per heavy atom. The van der Waals surface area contributed by atoms with E-state index in [1.165, 1.54) is 12.8 Å². The summed E-state index contributed by atoms with van der Waals surface area (Å²) >= 11 is 0. The van der Waals surface area contributed by atoms with E-state index in [1.54, 1.807) is 0 Å². The Morgan fingerprint density at radius 3 is 2.20 bits per heavy atom. The molecular weight excluding hydrogens is 126 g/mol. The lowest BCUT2D eigenvalue weighted by Crippen LogP contribution is -2.40. The molecule has 62 valence electrons. The molecule has 0 unspecified atom stereocenters. The van der Waals surface area contributed by atoms with Crippen LogP contribution in [0.5, 0.6) is 0 Å². The lowest BCUT2D eigenvalue weighted by Gasteiger charge is -2.25. The van der Waals surface area contributed by atoms with E-state index < -0.39 is 0 Å². The zero-order chi connectivity index (χ0) is 8.04. The van der Waals surface area contributed by atoms with Crippen LogP contribution in [0.1, 0.15) is 26.7 Å². The Morgan fingerprint density at radius 2 is 1.80 bits per heavy atom. The average Bonchev–Trinajstić information content (AvgIpc) is 1.84. The van der Waals surface area contributed by atoms with Gasteiger partial charge in [0.05, 0.1) is 14.1 Å². The maximum Gasteiger partial charge on any atom is 0.108 e. The summed E-state index contributed by atoms with van der Waals surface area (Å²) in [7, 11) is 4.19. The van der Waals surface area contributed by atoms with Gasteiger partial charge in [0.25, 0.3) is 0 Å². The molecule has 0 aliphatic rings. The second kappa shape index (κ2) is 4.69. The summed E-state index contributed by atoms with van der Waals surface area (Å²) in [5, 5.41) is 0. The van der Waals surface area contributed by atoms with Crippen molar-refractivity contribution in [1.82, 2.24) is 0 Å². The number of quaternary nitrogens is 1. The van der Waals surface area contributed by atoms with Crippen LogP contribution in [0.2, 0.25) is 0 Å². The number of hydrogen-bond donors (Lipinski definition) is 0. The van der Waals surface area contributed by atoms with E-state index in [2.05, 4.69) is 21.0 Å². The van der Waals surface area contributed by atoms with Gasteiger partial charge in [0, 0.05) is 0 Å². The minimum absolute atomic E-state index is 0.699. The molecule has 0 bridgehead atoms. The van der Waals surface area contributed by atoms with E-state index >= 15 is 0 Å². The highest BCUT2D eigenvalue weighted by Crippen LogP contribution is 2.01. The molecule has 0 amide bonds. The van der Waals surface area contributed by atoms with Crippen LogP contribution < -0.4 is 0 Å². The third-order valence-corrected chi connectivity index (χ3v) is 1.53. The fraction of sp³-hybridized carbons (Fsp3) is 1.00. The van der Waals surface area contributed by atoms with Crippen LogP contribution in [-0.2, 0) is 4.84 Å². The third kappa shape index (κ3) is 4.77. The zero-order valence-electron chi connectivity index (χ0n) is 7.68. The van der Waals surface area contributed by atoms with Crippen LogP contribution in [0.4, 0.5) is 0 Å². The first-order valence-corrected chi connectivity index (χ1v) is 4.10. The van der Waals surface area contributed by atoms with E-state index in [0.717, 1.165) is 13.2 Å². The van der Waals surface area contributed by atoms with E-state index in [1.807, 2.05) is 6.92 Å². The van der Waals surface area contributed by atoms with Gasteiger partial charge in [-0.05, 0) is 13.3 Å². The smallest absolute Gasteiger partial charge is 0.108 e. The maximum atomic E-state index is 5.47. The Bertz CT molecular complexity index is 81.3. The Balaban J connectivity index is 3.42. The standard InChI is InChI=1S/C8H20NO/c1-5-7-8-9(3,4)10-6-2/h5-8H2,1-4H3/q+1. The predicted molar refractivity (Wildman–Crippen MR) is 43.5 cm³/mol. The van der Waals surface area contributed by atoms with Gasteiger partial charge >= 0.3 is 0 Å². The van der Waals surface area contributed by atoms with Crippen molar-refractivity contribution in [3.63, 3.8) is 0 Å². The molecule has 10 heavy (non-hydrogen) atoms. The molecule has 2 nitrogen and oxygen atoms in total. The monoisotopic (exact) mass is 146 g/mol. The number of hydroxylamine groups is 3. The first-order chi connectivity index (χ1) is 4.62. The van der Waals surface area contributed by atoms with Gasteiger partial charge in [-0.15, -0.1) is 0 Å². The zero-order valence-corrected chi connectivity index (χ0v) is 7.68. The van der Waals surface area contributed by atoms with Crippen LogP contribution in [0, 0.1) is 0 Å². The third-order valence-electron chi connectivity index (χ3n) is 1.53. The highest BCUT2D eigenvalue weighted by atomic mass is 16.7. The summed E-state index contributed by atoms with van der Waals surface area (Å²) in [6, 6.07) is 0. The molecule has 0 atom stereocenters. The van der Waals surface area contributed by atoms with Gasteiger partial charge in [-0.2, -0.15) is 4.65 Å². The van der Waals surface area contributed by atoms with Crippen molar-refractivity contribution in [2.24, 2.45) is 0 Å². The molecule has 0 aromatic heterocycles. The van der Waals surface area contributed by atoms with Gasteiger partial charge in [0.15, 0.2) is 0 Å². The Kier molecular flexibility index (Phi) is 4.65. The Hall–Kier alpha value is -0.0800. The normalized spacial score (nSPS) is 12.0. The van der Waals surface area contributed by atoms with Crippen LogP contribution in [-0.4, -0.2) is 31.9 Å². The summed E-state index contributed by atoms with van der Waals surface area (Å²) < 4.78 is 0.699. The molecular formula is C8H20NO+. The first-order valence-electron chi connectivity index (χ1n) is 4.10. The van der Waals surface area contributed by atoms with Crippen LogP contribution in [0.3, 0.4) is 0 Å². The summed E-state index contributed by atoms with van der Waals surface area (Å²) in [5.41, 5.74) is 0. The molecule has 0 spiro atoms. The first kappa shape index (κ1) is 9.92. The molecule has 0 radical (unpaired) electrons. The van der Waals surface area contributed by atoms with Crippen molar-refractivity contribution in [1.29, 1.82) is 0 Å². The molecule has 0 heterocycles. The lowest BCUT2D eigenvalue weighted by molar-refractivity contribution is -1.08. The second-order valence-electron chi connectivity index (χ2n) is 3.07. The summed E-state index contributed by atoms with van der Waals surface area (Å²) in [4.78, 5) is 5.47. The maximum absolute atomic E-state index is 5.47. The molecule has 0 N–H and O–H groups in total. The molecule has 0 rings (SSSR count). The van der Waals surface area contributed by atoms with Crippen molar-refractivity contribution >= 4 is 0 Å². The predicted octanol–water partition coefficient (Wildman–Crippen LogP) is 1.81. The highest BCUT2D eigenvalue weighted by Gasteiger charge is 2.13. The van der Waals surface area contributed by atoms with Crippen LogP contribution in [0.15, 0.2) is 0 Å². The van der Waals surface area contributed by atoms with Crippen molar-refractivity contribution in [2.75, 3.05) is 27.2 Å². The minimum Gasteiger partial charge on any atom is -0.204 e. The molecule has 0 aliphatic carbocycles. The van der Waals surface area contributed by atoms with E-state index in [4.69, 9.17) is 4.84 Å². The van der Waals surface area contributed by atoms with Gasteiger partial charge in [-0.1, -0.05) is 13.3 Å². The molecule has 0 aromatic rings. The van der Waals surface area contributed by atoms with Crippen molar-refractivity contribution in [2.45, 2.75) is 26.7 Å². The quantitative estimate of drug-likeness (QED) is 0.424. The highest BCUT2D eigenvalue weighted by molar-refractivity contribution is 4.28. The molecule has 0 aromatic carbocycles. The summed E-state index contributed by atoms with van der Waals surface area (Å²) in [6.07, 6.45) is 2.49. The SMILES string of the molecule is CCCC[N+](C)(C)OCC. The second-order valence-corrected chi connectivity index (χ2v) is 3.07. The average molecular weight is 146 g/mol.